The van der Waals surface area contributed by atoms with E-state index in [1.54, 1.807) is 6.07 Å². The fraction of sp³-hybridized carbons (Fsp3) is 0.0588. The van der Waals surface area contributed by atoms with Crippen LogP contribution in [0.2, 0.25) is 15.2 Å². The predicted molar refractivity (Wildman–Crippen MR) is 95.7 cm³/mol. The Hall–Kier alpha value is -1.81. The summed E-state index contributed by atoms with van der Waals surface area (Å²) in [4.78, 5) is 9.12. The van der Waals surface area contributed by atoms with E-state index >= 15 is 0 Å². The molecule has 0 aliphatic heterocycles. The third-order valence-corrected chi connectivity index (χ3v) is 4.59. The summed E-state index contributed by atoms with van der Waals surface area (Å²) in [5.74, 6) is 0.722. The van der Waals surface area contributed by atoms with Crippen LogP contribution in [-0.2, 0) is 0 Å². The summed E-state index contributed by atoms with van der Waals surface area (Å²) >= 11 is 18.9. The molecule has 0 unspecified atom stereocenters. The molecular weight excluding hydrogens is 353 g/mol. The van der Waals surface area contributed by atoms with Crippen molar-refractivity contribution in [2.24, 2.45) is 0 Å². The van der Waals surface area contributed by atoms with Crippen molar-refractivity contribution in [3.8, 4) is 11.4 Å². The Bertz CT molecular complexity index is 1070. The molecule has 0 bridgehead atoms. The lowest BCUT2D eigenvalue weighted by Crippen LogP contribution is -1.96. The number of nitrogens with zero attached hydrogens (tertiary/aromatic N) is 3. The molecule has 2 aromatic carbocycles. The summed E-state index contributed by atoms with van der Waals surface area (Å²) in [6.45, 7) is 1.90. The van der Waals surface area contributed by atoms with E-state index in [1.807, 2.05) is 47.7 Å². The van der Waals surface area contributed by atoms with E-state index in [2.05, 4.69) is 9.97 Å². The van der Waals surface area contributed by atoms with Gasteiger partial charge in [-0.15, -0.1) is 0 Å². The molecule has 23 heavy (non-hydrogen) atoms. The normalized spacial score (nSPS) is 11.5. The van der Waals surface area contributed by atoms with Gasteiger partial charge in [-0.05, 0) is 37.3 Å². The molecule has 0 saturated carbocycles. The zero-order valence-electron chi connectivity index (χ0n) is 12.0. The second kappa shape index (κ2) is 5.38. The second-order valence-electron chi connectivity index (χ2n) is 5.22. The molecule has 0 radical (unpaired) electrons. The van der Waals surface area contributed by atoms with Crippen LogP contribution in [0.25, 0.3) is 27.9 Å². The topological polar surface area (TPSA) is 30.2 Å². The van der Waals surface area contributed by atoms with Crippen LogP contribution in [-0.4, -0.2) is 14.4 Å². The highest BCUT2D eigenvalue weighted by atomic mass is 35.5. The molecule has 114 valence electrons. The van der Waals surface area contributed by atoms with Crippen LogP contribution < -0.4 is 0 Å². The highest BCUT2D eigenvalue weighted by molar-refractivity contribution is 6.34. The molecule has 0 saturated heterocycles. The van der Waals surface area contributed by atoms with E-state index in [0.717, 1.165) is 33.6 Å². The maximum atomic E-state index is 6.38. The number of halogens is 3. The molecular formula is C17H10Cl3N3. The van der Waals surface area contributed by atoms with Gasteiger partial charge >= 0.3 is 0 Å². The number of rotatable bonds is 1. The van der Waals surface area contributed by atoms with Gasteiger partial charge in [0.15, 0.2) is 5.15 Å². The Balaban J connectivity index is 2.24. The summed E-state index contributed by atoms with van der Waals surface area (Å²) in [6, 6.07) is 13.1. The smallest absolute Gasteiger partial charge is 0.155 e. The molecule has 0 fully saturated rings. The van der Waals surface area contributed by atoms with Crippen molar-refractivity contribution in [2.75, 3.05) is 0 Å². The van der Waals surface area contributed by atoms with Crippen LogP contribution in [0, 0.1) is 6.92 Å². The lowest BCUT2D eigenvalue weighted by Gasteiger charge is -2.08. The molecule has 0 aliphatic rings. The molecule has 2 aromatic heterocycles. The zero-order chi connectivity index (χ0) is 16.1. The van der Waals surface area contributed by atoms with Gasteiger partial charge in [0, 0.05) is 10.6 Å². The Morgan fingerprint density at radius 2 is 1.74 bits per heavy atom. The quantitative estimate of drug-likeness (QED) is 0.427. The van der Waals surface area contributed by atoms with Crippen molar-refractivity contribution in [1.82, 2.24) is 14.4 Å². The first-order valence-corrected chi connectivity index (χ1v) is 8.08. The van der Waals surface area contributed by atoms with Crippen molar-refractivity contribution in [2.45, 2.75) is 6.92 Å². The highest BCUT2D eigenvalue weighted by Gasteiger charge is 2.18. The van der Waals surface area contributed by atoms with Crippen molar-refractivity contribution in [3.63, 3.8) is 0 Å². The van der Waals surface area contributed by atoms with Gasteiger partial charge in [0.1, 0.15) is 11.3 Å². The van der Waals surface area contributed by atoms with Crippen molar-refractivity contribution in [1.29, 1.82) is 0 Å². The molecule has 0 spiro atoms. The average molecular weight is 363 g/mol. The van der Waals surface area contributed by atoms with Crippen LogP contribution in [0.3, 0.4) is 0 Å². The largest absolute Gasteiger partial charge is 0.287 e. The Morgan fingerprint density at radius 3 is 2.52 bits per heavy atom. The number of hydrogen-bond donors (Lipinski definition) is 0. The lowest BCUT2D eigenvalue weighted by atomic mass is 10.2. The molecule has 6 heteroatoms. The maximum Gasteiger partial charge on any atom is 0.155 e. The van der Waals surface area contributed by atoms with Crippen LogP contribution in [0.5, 0.6) is 0 Å². The van der Waals surface area contributed by atoms with E-state index < -0.39 is 0 Å². The highest BCUT2D eigenvalue weighted by Crippen LogP contribution is 2.34. The molecule has 0 N–H and O–H groups in total. The van der Waals surface area contributed by atoms with Gasteiger partial charge in [-0.2, -0.15) is 0 Å². The Labute approximate surface area is 147 Å². The summed E-state index contributed by atoms with van der Waals surface area (Å²) in [5, 5.41) is 1.66. The molecule has 0 aliphatic carbocycles. The summed E-state index contributed by atoms with van der Waals surface area (Å²) in [5.41, 5.74) is 3.97. The first-order valence-electron chi connectivity index (χ1n) is 6.95. The Morgan fingerprint density at radius 1 is 0.957 bits per heavy atom. The van der Waals surface area contributed by atoms with Crippen LogP contribution in [0.1, 0.15) is 5.69 Å². The third-order valence-electron chi connectivity index (χ3n) is 3.76. The fourth-order valence-corrected chi connectivity index (χ4v) is 3.46. The number of aromatic nitrogens is 3. The molecule has 0 amide bonds. The SMILES string of the molecule is Cc1nc(-c2ccccc2Cl)n2c1c(Cl)nc1ccc(Cl)cc12. The second-order valence-corrected chi connectivity index (χ2v) is 6.42. The van der Waals surface area contributed by atoms with E-state index in [1.165, 1.54) is 0 Å². The lowest BCUT2D eigenvalue weighted by molar-refractivity contribution is 1.19. The minimum Gasteiger partial charge on any atom is -0.287 e. The first-order chi connectivity index (χ1) is 11.1. The maximum absolute atomic E-state index is 6.38. The van der Waals surface area contributed by atoms with Gasteiger partial charge in [0.05, 0.1) is 21.7 Å². The monoisotopic (exact) mass is 361 g/mol. The molecule has 4 rings (SSSR count). The standard InChI is InChI=1S/C17H10Cl3N3/c1-9-15-16(20)22-13-7-6-10(18)8-14(13)23(15)17(21-9)11-4-2-3-5-12(11)19/h2-8H,1H3. The average Bonchev–Trinajstić information content (AvgIpc) is 2.87. The van der Waals surface area contributed by atoms with E-state index in [9.17, 15) is 0 Å². The van der Waals surface area contributed by atoms with Crippen molar-refractivity contribution < 1.29 is 0 Å². The van der Waals surface area contributed by atoms with E-state index in [0.29, 0.717) is 15.2 Å². The number of aryl methyl sites for hydroxylation is 1. The van der Waals surface area contributed by atoms with E-state index in [-0.39, 0.29) is 0 Å². The minimum absolute atomic E-state index is 0.406. The molecule has 4 aromatic rings. The Kier molecular flexibility index (Phi) is 3.45. The molecule has 2 heterocycles. The van der Waals surface area contributed by atoms with Crippen LogP contribution in [0.4, 0.5) is 0 Å². The van der Waals surface area contributed by atoms with Crippen LogP contribution in [0.15, 0.2) is 42.5 Å². The van der Waals surface area contributed by atoms with Gasteiger partial charge in [0.2, 0.25) is 0 Å². The fourth-order valence-electron chi connectivity index (χ4n) is 2.76. The van der Waals surface area contributed by atoms with Crippen molar-refractivity contribution >= 4 is 51.4 Å². The zero-order valence-corrected chi connectivity index (χ0v) is 14.3. The van der Waals surface area contributed by atoms with Gasteiger partial charge in [-0.3, -0.25) is 4.40 Å². The predicted octanol–water partition coefficient (Wildman–Crippen LogP) is 5.82. The number of hydrogen-bond acceptors (Lipinski definition) is 2. The summed E-state index contributed by atoms with van der Waals surface area (Å²) < 4.78 is 1.97. The molecule has 3 nitrogen and oxygen atoms in total. The van der Waals surface area contributed by atoms with Gasteiger partial charge in [-0.25, -0.2) is 9.97 Å². The third kappa shape index (κ3) is 2.27. The van der Waals surface area contributed by atoms with Gasteiger partial charge < -0.3 is 0 Å². The summed E-state index contributed by atoms with van der Waals surface area (Å²) in [7, 11) is 0. The number of benzene rings is 2. The summed E-state index contributed by atoms with van der Waals surface area (Å²) in [6.07, 6.45) is 0. The number of imidazole rings is 1. The van der Waals surface area contributed by atoms with Gasteiger partial charge in [-0.1, -0.05) is 46.9 Å². The van der Waals surface area contributed by atoms with Gasteiger partial charge in [0.25, 0.3) is 0 Å². The minimum atomic E-state index is 0.406. The molecule has 0 atom stereocenters. The van der Waals surface area contributed by atoms with Crippen molar-refractivity contribution in [3.05, 3.63) is 63.4 Å². The number of fused-ring (bicyclic) bond motifs is 3. The van der Waals surface area contributed by atoms with Crippen LogP contribution >= 0.6 is 34.8 Å². The first kappa shape index (κ1) is 14.8. The van der Waals surface area contributed by atoms with E-state index in [4.69, 9.17) is 34.8 Å².